The summed E-state index contributed by atoms with van der Waals surface area (Å²) in [5, 5.41) is 16.8. The molecule has 1 N–H and O–H groups in total. The third-order valence-corrected chi connectivity index (χ3v) is 6.11. The molecule has 0 heterocycles. The molecule has 0 unspecified atom stereocenters. The molecule has 186 valence electrons. The van der Waals surface area contributed by atoms with Crippen molar-refractivity contribution in [3.8, 4) is 11.5 Å². The van der Waals surface area contributed by atoms with Crippen molar-refractivity contribution in [2.75, 3.05) is 7.11 Å². The lowest BCUT2D eigenvalue weighted by Gasteiger charge is -2.10. The van der Waals surface area contributed by atoms with E-state index in [9.17, 15) is 19.7 Å². The molecule has 0 aliphatic carbocycles. The van der Waals surface area contributed by atoms with Crippen LogP contribution in [-0.2, 0) is 11.2 Å². The number of amides is 1. The smallest absolute Gasteiger partial charge is 0.343 e. The topological polar surface area (TPSA) is 120 Å². The number of esters is 1. The fraction of sp³-hybridized carbons (Fsp3) is 0.0741. The van der Waals surface area contributed by atoms with Crippen molar-refractivity contribution < 1.29 is 24.0 Å². The lowest BCUT2D eigenvalue weighted by Crippen LogP contribution is -2.19. The second-order valence-corrected chi connectivity index (χ2v) is 8.68. The first-order valence-corrected chi connectivity index (χ1v) is 11.8. The molecule has 0 fully saturated rings. The van der Waals surface area contributed by atoms with Crippen LogP contribution >= 0.6 is 15.9 Å². The second-order valence-electron chi connectivity index (χ2n) is 7.83. The highest BCUT2D eigenvalue weighted by Gasteiger charge is 2.15. The molecule has 0 aromatic heterocycles. The van der Waals surface area contributed by atoms with Gasteiger partial charge in [-0.2, -0.15) is 5.10 Å². The molecule has 0 spiro atoms. The molecule has 0 aliphatic heterocycles. The lowest BCUT2D eigenvalue weighted by molar-refractivity contribution is -0.384. The molecule has 4 aromatic rings. The fourth-order valence-corrected chi connectivity index (χ4v) is 4.07. The van der Waals surface area contributed by atoms with Gasteiger partial charge in [0.05, 0.1) is 30.2 Å². The Morgan fingerprint density at radius 3 is 2.43 bits per heavy atom. The molecule has 9 nitrogen and oxygen atoms in total. The minimum atomic E-state index is -0.692. The average Bonchev–Trinajstić information content (AvgIpc) is 2.91. The summed E-state index contributed by atoms with van der Waals surface area (Å²) in [7, 11) is 1.42. The van der Waals surface area contributed by atoms with E-state index in [2.05, 4.69) is 26.5 Å². The summed E-state index contributed by atoms with van der Waals surface area (Å²) >= 11 is 3.53. The minimum absolute atomic E-state index is 0.130. The van der Waals surface area contributed by atoms with Gasteiger partial charge < -0.3 is 9.47 Å². The van der Waals surface area contributed by atoms with Crippen molar-refractivity contribution in [2.24, 2.45) is 5.10 Å². The first-order chi connectivity index (χ1) is 17.9. The molecule has 0 saturated heterocycles. The van der Waals surface area contributed by atoms with Crippen LogP contribution in [0.2, 0.25) is 0 Å². The van der Waals surface area contributed by atoms with Gasteiger partial charge in [-0.3, -0.25) is 14.9 Å². The Morgan fingerprint density at radius 1 is 1.00 bits per heavy atom. The van der Waals surface area contributed by atoms with Crippen molar-refractivity contribution >= 4 is 50.5 Å². The van der Waals surface area contributed by atoms with Crippen LogP contribution in [0.3, 0.4) is 0 Å². The molecule has 4 aromatic carbocycles. The lowest BCUT2D eigenvalue weighted by atomic mass is 10.0. The van der Waals surface area contributed by atoms with Gasteiger partial charge >= 0.3 is 5.97 Å². The van der Waals surface area contributed by atoms with Crippen LogP contribution in [-0.4, -0.2) is 30.1 Å². The monoisotopic (exact) mass is 561 g/mol. The quantitative estimate of drug-likeness (QED) is 0.101. The summed E-state index contributed by atoms with van der Waals surface area (Å²) in [5.74, 6) is -0.535. The number of carbonyl (C=O) groups excluding carboxylic acids is 2. The van der Waals surface area contributed by atoms with Gasteiger partial charge in [-0.15, -0.1) is 0 Å². The summed E-state index contributed by atoms with van der Waals surface area (Å²) in [6.07, 6.45) is 1.61. The maximum Gasteiger partial charge on any atom is 0.343 e. The number of nitrogens with one attached hydrogen (secondary N) is 1. The van der Waals surface area contributed by atoms with E-state index in [0.29, 0.717) is 5.56 Å². The maximum atomic E-state index is 12.5. The van der Waals surface area contributed by atoms with Gasteiger partial charge in [0.15, 0.2) is 11.5 Å². The van der Waals surface area contributed by atoms with Gasteiger partial charge in [0.1, 0.15) is 0 Å². The summed E-state index contributed by atoms with van der Waals surface area (Å²) in [4.78, 5) is 35.1. The van der Waals surface area contributed by atoms with Gasteiger partial charge in [0.25, 0.3) is 5.69 Å². The number of nitro groups is 1. The Bertz CT molecular complexity index is 1520. The van der Waals surface area contributed by atoms with Crippen LogP contribution in [0, 0.1) is 10.1 Å². The molecule has 4 rings (SSSR count). The number of ether oxygens (including phenoxy) is 2. The van der Waals surface area contributed by atoms with Crippen molar-refractivity contribution in [1.82, 2.24) is 5.43 Å². The highest BCUT2D eigenvalue weighted by molar-refractivity contribution is 9.10. The molecular formula is C27H20BrN3O6. The summed E-state index contributed by atoms with van der Waals surface area (Å²) < 4.78 is 11.6. The Morgan fingerprint density at radius 2 is 1.73 bits per heavy atom. The van der Waals surface area contributed by atoms with E-state index in [1.807, 2.05) is 36.4 Å². The number of non-ortho nitro benzene ring substituents is 1. The Labute approximate surface area is 220 Å². The molecule has 0 saturated carbocycles. The number of halogens is 1. The number of nitrogens with zero attached hydrogens (tertiary/aromatic N) is 2. The van der Waals surface area contributed by atoms with E-state index >= 15 is 0 Å². The minimum Gasteiger partial charge on any atom is -0.493 e. The number of hydrazone groups is 1. The molecule has 37 heavy (non-hydrogen) atoms. The fourth-order valence-electron chi connectivity index (χ4n) is 3.60. The molecule has 0 bridgehead atoms. The van der Waals surface area contributed by atoms with Crippen LogP contribution in [0.15, 0.2) is 88.4 Å². The zero-order valence-electron chi connectivity index (χ0n) is 19.5. The molecule has 0 atom stereocenters. The van der Waals surface area contributed by atoms with Crippen molar-refractivity contribution in [3.05, 3.63) is 110 Å². The standard InChI is InChI=1S/C27H20BrN3O6/c1-36-25-14-17(6-13-24(25)37-27(33)18-7-10-20(11-8-18)31(34)35)16-29-30-26(32)15-19-9-12-23(28)22-5-3-2-4-21(19)22/h2-14,16H,15H2,1H3,(H,30,32)/b29-16+. The summed E-state index contributed by atoms with van der Waals surface area (Å²) in [6, 6.07) is 21.5. The number of benzene rings is 4. The van der Waals surface area contributed by atoms with E-state index < -0.39 is 10.9 Å². The first-order valence-electron chi connectivity index (χ1n) is 11.0. The largest absolute Gasteiger partial charge is 0.493 e. The Balaban J connectivity index is 1.39. The molecule has 0 aliphatic rings. The first kappa shape index (κ1) is 25.5. The number of hydrogen-bond donors (Lipinski definition) is 1. The van der Waals surface area contributed by atoms with E-state index in [-0.39, 0.29) is 35.1 Å². The third kappa shape index (κ3) is 6.17. The number of methoxy groups -OCH3 is 1. The van der Waals surface area contributed by atoms with Crippen LogP contribution in [0.5, 0.6) is 11.5 Å². The number of hydrogen-bond acceptors (Lipinski definition) is 7. The van der Waals surface area contributed by atoms with Crippen LogP contribution in [0.4, 0.5) is 5.69 Å². The average molecular weight is 562 g/mol. The molecule has 0 radical (unpaired) electrons. The van der Waals surface area contributed by atoms with Crippen LogP contribution in [0.25, 0.3) is 10.8 Å². The van der Waals surface area contributed by atoms with Crippen LogP contribution < -0.4 is 14.9 Å². The number of nitro benzene ring substituents is 1. The predicted molar refractivity (Wildman–Crippen MR) is 142 cm³/mol. The zero-order chi connectivity index (χ0) is 26.4. The maximum absolute atomic E-state index is 12.5. The third-order valence-electron chi connectivity index (χ3n) is 5.42. The van der Waals surface area contributed by atoms with Gasteiger partial charge in [-0.05, 0) is 58.3 Å². The zero-order valence-corrected chi connectivity index (χ0v) is 21.1. The number of fused-ring (bicyclic) bond motifs is 1. The van der Waals surface area contributed by atoms with Crippen LogP contribution in [0.1, 0.15) is 21.5 Å². The predicted octanol–water partition coefficient (Wildman–Crippen LogP) is 5.43. The van der Waals surface area contributed by atoms with E-state index in [1.165, 1.54) is 43.7 Å². The molecule has 10 heteroatoms. The van der Waals surface area contributed by atoms with Gasteiger partial charge in [0, 0.05) is 16.6 Å². The highest BCUT2D eigenvalue weighted by atomic mass is 79.9. The second kappa shape index (κ2) is 11.4. The molecular weight excluding hydrogens is 542 g/mol. The van der Waals surface area contributed by atoms with Gasteiger partial charge in [-0.25, -0.2) is 10.2 Å². The number of rotatable bonds is 8. The highest BCUT2D eigenvalue weighted by Crippen LogP contribution is 2.29. The van der Waals surface area contributed by atoms with E-state index in [0.717, 1.165) is 20.8 Å². The Hall–Kier alpha value is -4.57. The Kier molecular flexibility index (Phi) is 7.89. The molecule has 1 amide bonds. The van der Waals surface area contributed by atoms with Gasteiger partial charge in [-0.1, -0.05) is 46.3 Å². The van der Waals surface area contributed by atoms with E-state index in [4.69, 9.17) is 9.47 Å². The summed E-state index contributed by atoms with van der Waals surface area (Å²) in [6.45, 7) is 0. The number of carbonyl (C=O) groups is 2. The normalized spacial score (nSPS) is 10.9. The van der Waals surface area contributed by atoms with E-state index in [1.54, 1.807) is 12.1 Å². The van der Waals surface area contributed by atoms with Crippen molar-refractivity contribution in [2.45, 2.75) is 6.42 Å². The van der Waals surface area contributed by atoms with Crippen molar-refractivity contribution in [3.63, 3.8) is 0 Å². The summed E-state index contributed by atoms with van der Waals surface area (Å²) in [5.41, 5.74) is 4.02. The van der Waals surface area contributed by atoms with Crippen molar-refractivity contribution in [1.29, 1.82) is 0 Å². The van der Waals surface area contributed by atoms with Gasteiger partial charge in [0.2, 0.25) is 5.91 Å². The SMILES string of the molecule is COc1cc(/C=N/NC(=O)Cc2ccc(Br)c3ccccc23)ccc1OC(=O)c1ccc([N+](=O)[O-])cc1.